The van der Waals surface area contributed by atoms with Crippen LogP contribution in [0.3, 0.4) is 0 Å². The van der Waals surface area contributed by atoms with Crippen LogP contribution in [-0.2, 0) is 11.3 Å². The molecule has 3 heterocycles. The van der Waals surface area contributed by atoms with E-state index in [0.29, 0.717) is 41.4 Å². The number of nitrogens with zero attached hydrogens (tertiary/aromatic N) is 4. The Morgan fingerprint density at radius 1 is 1.12 bits per heavy atom. The highest BCUT2D eigenvalue weighted by atomic mass is 16.5. The maximum Gasteiger partial charge on any atom is 0.262 e. The molecule has 32 heavy (non-hydrogen) atoms. The van der Waals surface area contributed by atoms with Gasteiger partial charge in [0.15, 0.2) is 0 Å². The van der Waals surface area contributed by atoms with E-state index in [9.17, 15) is 4.79 Å². The van der Waals surface area contributed by atoms with E-state index >= 15 is 0 Å². The highest BCUT2D eigenvalue weighted by molar-refractivity contribution is 5.95. The van der Waals surface area contributed by atoms with Gasteiger partial charge in [0.2, 0.25) is 5.95 Å². The van der Waals surface area contributed by atoms with Crippen molar-refractivity contribution in [1.82, 2.24) is 19.5 Å². The van der Waals surface area contributed by atoms with Gasteiger partial charge in [0, 0.05) is 49.6 Å². The number of aromatic nitrogens is 4. The van der Waals surface area contributed by atoms with Crippen molar-refractivity contribution >= 4 is 28.2 Å². The number of pyridine rings is 2. The summed E-state index contributed by atoms with van der Waals surface area (Å²) in [5, 5.41) is 4.53. The second kappa shape index (κ2) is 9.03. The van der Waals surface area contributed by atoms with Gasteiger partial charge >= 0.3 is 0 Å². The Kier molecular flexibility index (Phi) is 6.00. The quantitative estimate of drug-likeness (QED) is 0.457. The highest BCUT2D eigenvalue weighted by Crippen LogP contribution is 2.29. The van der Waals surface area contributed by atoms with Crippen molar-refractivity contribution in [3.8, 4) is 17.0 Å². The minimum absolute atomic E-state index is 0.158. The molecule has 0 unspecified atom stereocenters. The average Bonchev–Trinajstić information content (AvgIpc) is 2.78. The van der Waals surface area contributed by atoms with Crippen molar-refractivity contribution in [3.05, 3.63) is 64.8 Å². The summed E-state index contributed by atoms with van der Waals surface area (Å²) in [6.07, 6.45) is 4.97. The molecule has 4 aromatic rings. The van der Waals surface area contributed by atoms with Crippen molar-refractivity contribution in [2.45, 2.75) is 13.5 Å². The number of rotatable bonds is 7. The summed E-state index contributed by atoms with van der Waals surface area (Å²) in [7, 11) is 3.22. The van der Waals surface area contributed by atoms with Gasteiger partial charge in [-0.1, -0.05) is 0 Å². The number of anilines is 3. The van der Waals surface area contributed by atoms with E-state index in [4.69, 9.17) is 20.2 Å². The fourth-order valence-electron chi connectivity index (χ4n) is 3.45. The normalized spacial score (nSPS) is 11.0. The molecule has 0 aliphatic carbocycles. The molecule has 0 aliphatic rings. The van der Waals surface area contributed by atoms with Gasteiger partial charge in [0.05, 0.1) is 24.8 Å². The summed E-state index contributed by atoms with van der Waals surface area (Å²) >= 11 is 0. The maximum atomic E-state index is 13.3. The van der Waals surface area contributed by atoms with E-state index in [0.717, 1.165) is 16.6 Å². The van der Waals surface area contributed by atoms with Gasteiger partial charge in [-0.15, -0.1) is 0 Å². The third-order valence-electron chi connectivity index (χ3n) is 5.01. The first kappa shape index (κ1) is 21.3. The first-order chi connectivity index (χ1) is 15.5. The molecule has 0 fully saturated rings. The predicted octanol–water partition coefficient (Wildman–Crippen LogP) is 3.14. The molecular formula is C23H24N6O3. The Labute approximate surface area is 184 Å². The van der Waals surface area contributed by atoms with Crippen LogP contribution in [-0.4, -0.2) is 40.3 Å². The number of ether oxygens (including phenoxy) is 2. The molecule has 4 rings (SSSR count). The zero-order chi connectivity index (χ0) is 22.7. The molecule has 0 bridgehead atoms. The van der Waals surface area contributed by atoms with Crippen LogP contribution in [0.4, 0.5) is 17.5 Å². The SMILES string of the molecule is COCCn1ccc2cc(-c3cnc(N)nc3)nc(Nc3cc(C)cc(OC)c3)c2c1=O. The topological polar surface area (TPSA) is 117 Å². The van der Waals surface area contributed by atoms with Crippen molar-refractivity contribution < 1.29 is 9.47 Å². The molecule has 0 amide bonds. The van der Waals surface area contributed by atoms with Crippen molar-refractivity contribution in [3.63, 3.8) is 0 Å². The van der Waals surface area contributed by atoms with Gasteiger partial charge in [-0.2, -0.15) is 0 Å². The smallest absolute Gasteiger partial charge is 0.262 e. The molecule has 0 aliphatic heterocycles. The van der Waals surface area contributed by atoms with Crippen molar-refractivity contribution in [1.29, 1.82) is 0 Å². The molecule has 1 aromatic carbocycles. The number of nitrogens with one attached hydrogen (secondary N) is 1. The molecule has 9 heteroatoms. The second-order valence-electron chi connectivity index (χ2n) is 7.32. The molecule has 3 N–H and O–H groups in total. The molecular weight excluding hydrogens is 408 g/mol. The number of nitrogen functional groups attached to an aromatic ring is 1. The van der Waals surface area contributed by atoms with Crippen LogP contribution in [0, 0.1) is 6.92 Å². The van der Waals surface area contributed by atoms with Crippen LogP contribution in [0.1, 0.15) is 5.56 Å². The van der Waals surface area contributed by atoms with E-state index < -0.39 is 0 Å². The number of nitrogens with two attached hydrogens (primary N) is 1. The van der Waals surface area contributed by atoms with Gasteiger partial charge < -0.3 is 25.1 Å². The molecule has 3 aromatic heterocycles. The maximum absolute atomic E-state index is 13.3. The molecule has 9 nitrogen and oxygen atoms in total. The van der Waals surface area contributed by atoms with Gasteiger partial charge in [-0.05, 0) is 42.1 Å². The minimum Gasteiger partial charge on any atom is -0.497 e. The molecule has 0 atom stereocenters. The van der Waals surface area contributed by atoms with E-state index in [-0.39, 0.29) is 11.5 Å². The fraction of sp³-hybridized carbons (Fsp3) is 0.217. The lowest BCUT2D eigenvalue weighted by Crippen LogP contribution is -2.22. The summed E-state index contributed by atoms with van der Waals surface area (Å²) in [5.41, 5.74) is 8.54. The Balaban J connectivity index is 1.90. The standard InChI is InChI=1S/C23H24N6O3/c1-14-8-17(11-18(9-14)32-3)27-21-20-15(4-5-29(22(20)30)6-7-31-2)10-19(28-21)16-12-25-23(24)26-13-16/h4-5,8-13H,6-7H2,1-3H3,(H,27,28)(H2,24,25,26). The van der Waals surface area contributed by atoms with E-state index in [2.05, 4.69) is 15.3 Å². The predicted molar refractivity (Wildman–Crippen MR) is 124 cm³/mol. The summed E-state index contributed by atoms with van der Waals surface area (Å²) in [4.78, 5) is 26.2. The number of benzene rings is 1. The number of hydrogen-bond donors (Lipinski definition) is 2. The first-order valence-corrected chi connectivity index (χ1v) is 10.0. The Hall–Kier alpha value is -3.98. The number of methoxy groups -OCH3 is 2. The van der Waals surface area contributed by atoms with E-state index in [1.807, 2.05) is 37.3 Å². The average molecular weight is 432 g/mol. The summed E-state index contributed by atoms with van der Waals surface area (Å²) in [5.74, 6) is 1.32. The summed E-state index contributed by atoms with van der Waals surface area (Å²) < 4.78 is 12.1. The Morgan fingerprint density at radius 3 is 2.62 bits per heavy atom. The fourth-order valence-corrected chi connectivity index (χ4v) is 3.45. The Morgan fingerprint density at radius 2 is 1.91 bits per heavy atom. The van der Waals surface area contributed by atoms with Gasteiger partial charge in [0.1, 0.15) is 11.6 Å². The van der Waals surface area contributed by atoms with Crippen LogP contribution in [0.5, 0.6) is 5.75 Å². The highest BCUT2D eigenvalue weighted by Gasteiger charge is 2.14. The lowest BCUT2D eigenvalue weighted by Gasteiger charge is -2.14. The number of fused-ring (bicyclic) bond motifs is 1. The third kappa shape index (κ3) is 4.37. The van der Waals surface area contributed by atoms with Crippen LogP contribution in [0.25, 0.3) is 22.0 Å². The monoisotopic (exact) mass is 432 g/mol. The lowest BCUT2D eigenvalue weighted by atomic mass is 10.1. The first-order valence-electron chi connectivity index (χ1n) is 10.0. The summed E-state index contributed by atoms with van der Waals surface area (Å²) in [6, 6.07) is 9.47. The second-order valence-corrected chi connectivity index (χ2v) is 7.32. The van der Waals surface area contributed by atoms with Crippen LogP contribution < -0.4 is 21.3 Å². The molecule has 0 radical (unpaired) electrons. The molecule has 0 saturated heterocycles. The van der Waals surface area contributed by atoms with Gasteiger partial charge in [-0.3, -0.25) is 4.79 Å². The van der Waals surface area contributed by atoms with Crippen LogP contribution in [0.15, 0.2) is 53.7 Å². The lowest BCUT2D eigenvalue weighted by molar-refractivity contribution is 0.186. The Bertz CT molecular complexity index is 1320. The summed E-state index contributed by atoms with van der Waals surface area (Å²) in [6.45, 7) is 2.84. The minimum atomic E-state index is -0.158. The largest absolute Gasteiger partial charge is 0.497 e. The van der Waals surface area contributed by atoms with Crippen molar-refractivity contribution in [2.75, 3.05) is 31.9 Å². The van der Waals surface area contributed by atoms with E-state index in [1.165, 1.54) is 0 Å². The number of aryl methyl sites for hydroxylation is 1. The van der Waals surface area contributed by atoms with Crippen LogP contribution in [0.2, 0.25) is 0 Å². The van der Waals surface area contributed by atoms with Crippen molar-refractivity contribution in [2.24, 2.45) is 0 Å². The van der Waals surface area contributed by atoms with Gasteiger partial charge in [-0.25, -0.2) is 15.0 Å². The van der Waals surface area contributed by atoms with Crippen LogP contribution >= 0.6 is 0 Å². The zero-order valence-electron chi connectivity index (χ0n) is 18.1. The third-order valence-corrected chi connectivity index (χ3v) is 5.01. The zero-order valence-corrected chi connectivity index (χ0v) is 18.1. The van der Waals surface area contributed by atoms with E-state index in [1.54, 1.807) is 37.4 Å². The van der Waals surface area contributed by atoms with Gasteiger partial charge in [0.25, 0.3) is 5.56 Å². The molecule has 164 valence electrons. The number of hydrogen-bond acceptors (Lipinski definition) is 8. The molecule has 0 saturated carbocycles. The molecule has 0 spiro atoms.